The molecule has 0 aromatic carbocycles. The van der Waals surface area contributed by atoms with Crippen LogP contribution in [-0.4, -0.2) is 23.5 Å². The number of hydrogen-bond acceptors (Lipinski definition) is 3. The van der Waals surface area contributed by atoms with Crippen LogP contribution in [0.2, 0.25) is 0 Å². The molecule has 1 saturated heterocycles. The molecule has 0 saturated carbocycles. The van der Waals surface area contributed by atoms with Gasteiger partial charge in [-0.15, -0.1) is 0 Å². The van der Waals surface area contributed by atoms with Crippen LogP contribution in [-0.2, 0) is 13.1 Å². The van der Waals surface area contributed by atoms with Gasteiger partial charge in [-0.1, -0.05) is 20.8 Å². The lowest BCUT2D eigenvalue weighted by atomic mass is 10.1. The molecule has 1 aromatic heterocycles. The Morgan fingerprint density at radius 1 is 1.40 bits per heavy atom. The molecule has 3 heteroatoms. The summed E-state index contributed by atoms with van der Waals surface area (Å²) in [5, 5.41) is 3.46. The second-order valence-electron chi connectivity index (χ2n) is 6.61. The van der Waals surface area contributed by atoms with Gasteiger partial charge < -0.3 is 9.73 Å². The summed E-state index contributed by atoms with van der Waals surface area (Å²) in [6.45, 7) is 12.0. The predicted molar refractivity (Wildman–Crippen MR) is 83.6 cm³/mol. The second-order valence-corrected chi connectivity index (χ2v) is 6.61. The van der Waals surface area contributed by atoms with Crippen molar-refractivity contribution in [1.29, 1.82) is 0 Å². The Morgan fingerprint density at radius 2 is 2.20 bits per heavy atom. The lowest BCUT2D eigenvalue weighted by Gasteiger charge is -2.26. The standard InChI is InChI=1S/C17H30N2O/c1-5-16-7-6-14(4)19(16)11-17-8-15(12-20-17)10-18-9-13(2)3/h8,12-14,16,18H,5-7,9-11H2,1-4H3. The van der Waals surface area contributed by atoms with Crippen molar-refractivity contribution in [1.82, 2.24) is 10.2 Å². The molecule has 0 aliphatic carbocycles. The molecule has 2 rings (SSSR count). The normalized spacial score (nSPS) is 23.9. The lowest BCUT2D eigenvalue weighted by Crippen LogP contribution is -2.33. The van der Waals surface area contributed by atoms with Crippen molar-refractivity contribution in [3.63, 3.8) is 0 Å². The van der Waals surface area contributed by atoms with Crippen molar-refractivity contribution in [2.24, 2.45) is 5.92 Å². The molecule has 2 atom stereocenters. The van der Waals surface area contributed by atoms with E-state index in [4.69, 9.17) is 4.42 Å². The molecule has 1 aliphatic heterocycles. The van der Waals surface area contributed by atoms with Crippen molar-refractivity contribution in [3.05, 3.63) is 23.7 Å². The van der Waals surface area contributed by atoms with Gasteiger partial charge in [0.1, 0.15) is 5.76 Å². The first-order chi connectivity index (χ1) is 9.60. The number of furan rings is 1. The smallest absolute Gasteiger partial charge is 0.118 e. The van der Waals surface area contributed by atoms with Crippen LogP contribution >= 0.6 is 0 Å². The zero-order valence-electron chi connectivity index (χ0n) is 13.5. The van der Waals surface area contributed by atoms with Gasteiger partial charge in [0.15, 0.2) is 0 Å². The Labute approximate surface area is 123 Å². The third kappa shape index (κ3) is 4.10. The maximum absolute atomic E-state index is 5.74. The van der Waals surface area contributed by atoms with Crippen LogP contribution in [0, 0.1) is 5.92 Å². The van der Waals surface area contributed by atoms with Gasteiger partial charge in [-0.3, -0.25) is 4.90 Å². The molecule has 0 spiro atoms. The van der Waals surface area contributed by atoms with E-state index >= 15 is 0 Å². The summed E-state index contributed by atoms with van der Waals surface area (Å²) in [4.78, 5) is 2.60. The molecule has 0 bridgehead atoms. The Kier molecular flexibility index (Phi) is 5.67. The van der Waals surface area contributed by atoms with E-state index in [9.17, 15) is 0 Å². The number of nitrogens with one attached hydrogen (secondary N) is 1. The van der Waals surface area contributed by atoms with Crippen molar-refractivity contribution in [3.8, 4) is 0 Å². The minimum Gasteiger partial charge on any atom is -0.468 e. The number of rotatable bonds is 7. The van der Waals surface area contributed by atoms with Crippen molar-refractivity contribution in [2.45, 2.75) is 72.1 Å². The topological polar surface area (TPSA) is 28.4 Å². The summed E-state index contributed by atoms with van der Waals surface area (Å²) < 4.78 is 5.74. The predicted octanol–water partition coefficient (Wildman–Crippen LogP) is 3.79. The average molecular weight is 278 g/mol. The quantitative estimate of drug-likeness (QED) is 0.822. The highest BCUT2D eigenvalue weighted by Gasteiger charge is 2.29. The van der Waals surface area contributed by atoms with E-state index in [1.165, 1.54) is 24.8 Å². The van der Waals surface area contributed by atoms with Gasteiger partial charge in [0.2, 0.25) is 0 Å². The Morgan fingerprint density at radius 3 is 2.90 bits per heavy atom. The first kappa shape index (κ1) is 15.6. The zero-order valence-corrected chi connectivity index (χ0v) is 13.5. The molecule has 0 radical (unpaired) electrons. The van der Waals surface area contributed by atoms with Gasteiger partial charge in [-0.05, 0) is 44.7 Å². The Hall–Kier alpha value is -0.800. The molecular weight excluding hydrogens is 248 g/mol. The van der Waals surface area contributed by atoms with Gasteiger partial charge in [-0.25, -0.2) is 0 Å². The molecule has 1 fully saturated rings. The van der Waals surface area contributed by atoms with Crippen molar-refractivity contribution < 1.29 is 4.42 Å². The van der Waals surface area contributed by atoms with Gasteiger partial charge in [0.25, 0.3) is 0 Å². The first-order valence-corrected chi connectivity index (χ1v) is 8.12. The monoisotopic (exact) mass is 278 g/mol. The van der Waals surface area contributed by atoms with E-state index in [1.807, 2.05) is 6.26 Å². The third-order valence-corrected chi connectivity index (χ3v) is 4.35. The molecule has 1 aliphatic rings. The fourth-order valence-electron chi connectivity index (χ4n) is 3.14. The molecule has 20 heavy (non-hydrogen) atoms. The number of hydrogen-bond donors (Lipinski definition) is 1. The SMILES string of the molecule is CCC1CCC(C)N1Cc1cc(CNCC(C)C)co1. The van der Waals surface area contributed by atoms with Gasteiger partial charge in [0.05, 0.1) is 12.8 Å². The first-order valence-electron chi connectivity index (χ1n) is 8.12. The van der Waals surface area contributed by atoms with E-state index in [1.54, 1.807) is 0 Å². The maximum Gasteiger partial charge on any atom is 0.118 e. The minimum absolute atomic E-state index is 0.688. The molecule has 1 N–H and O–H groups in total. The second kappa shape index (κ2) is 7.28. The van der Waals surface area contributed by atoms with E-state index in [2.05, 4.69) is 44.0 Å². The van der Waals surface area contributed by atoms with E-state index in [-0.39, 0.29) is 0 Å². The Bertz CT molecular complexity index is 399. The Balaban J connectivity index is 1.85. The van der Waals surface area contributed by atoms with Crippen molar-refractivity contribution in [2.75, 3.05) is 6.54 Å². The van der Waals surface area contributed by atoms with Crippen LogP contribution in [0.4, 0.5) is 0 Å². The van der Waals surface area contributed by atoms with Crippen LogP contribution < -0.4 is 5.32 Å². The highest BCUT2D eigenvalue weighted by Crippen LogP contribution is 2.28. The largest absolute Gasteiger partial charge is 0.468 e. The fourth-order valence-corrected chi connectivity index (χ4v) is 3.14. The van der Waals surface area contributed by atoms with Gasteiger partial charge in [0, 0.05) is 24.2 Å². The van der Waals surface area contributed by atoms with Crippen LogP contribution in [0.1, 0.15) is 58.3 Å². The summed E-state index contributed by atoms with van der Waals surface area (Å²) in [5.41, 5.74) is 1.26. The molecule has 3 nitrogen and oxygen atoms in total. The number of nitrogens with zero attached hydrogens (tertiary/aromatic N) is 1. The van der Waals surface area contributed by atoms with Crippen molar-refractivity contribution >= 4 is 0 Å². The molecular formula is C17H30N2O. The van der Waals surface area contributed by atoms with E-state index in [0.717, 1.165) is 31.4 Å². The van der Waals surface area contributed by atoms with Crippen LogP contribution in [0.5, 0.6) is 0 Å². The van der Waals surface area contributed by atoms with Crippen LogP contribution in [0.25, 0.3) is 0 Å². The molecule has 114 valence electrons. The summed E-state index contributed by atoms with van der Waals surface area (Å²) >= 11 is 0. The molecule has 2 unspecified atom stereocenters. The summed E-state index contributed by atoms with van der Waals surface area (Å²) in [7, 11) is 0. The minimum atomic E-state index is 0.688. The third-order valence-electron chi connectivity index (χ3n) is 4.35. The molecule has 0 amide bonds. The maximum atomic E-state index is 5.74. The zero-order chi connectivity index (χ0) is 14.5. The summed E-state index contributed by atoms with van der Waals surface area (Å²) in [5.74, 6) is 1.80. The van der Waals surface area contributed by atoms with Gasteiger partial charge >= 0.3 is 0 Å². The van der Waals surface area contributed by atoms with Crippen LogP contribution in [0.3, 0.4) is 0 Å². The fraction of sp³-hybridized carbons (Fsp3) is 0.765. The van der Waals surface area contributed by atoms with Gasteiger partial charge in [-0.2, -0.15) is 0 Å². The molecule has 1 aromatic rings. The highest BCUT2D eigenvalue weighted by atomic mass is 16.3. The summed E-state index contributed by atoms with van der Waals surface area (Å²) in [6, 6.07) is 3.63. The molecule has 2 heterocycles. The lowest BCUT2D eigenvalue weighted by molar-refractivity contribution is 0.175. The average Bonchev–Trinajstić information content (AvgIpc) is 2.98. The highest BCUT2D eigenvalue weighted by molar-refractivity contribution is 5.13. The van der Waals surface area contributed by atoms with E-state index < -0.39 is 0 Å². The van der Waals surface area contributed by atoms with E-state index in [0.29, 0.717) is 12.0 Å². The van der Waals surface area contributed by atoms with Crippen LogP contribution in [0.15, 0.2) is 16.7 Å². The summed E-state index contributed by atoms with van der Waals surface area (Å²) in [6.07, 6.45) is 5.81. The number of likely N-dealkylation sites (tertiary alicyclic amines) is 1.